The molecule has 3 fully saturated rings. The first-order valence-corrected chi connectivity index (χ1v) is 12.3. The lowest BCUT2D eigenvalue weighted by Gasteiger charge is -2.66. The van der Waals surface area contributed by atoms with E-state index in [4.69, 9.17) is 9.57 Å². The molecule has 2 saturated carbocycles. The number of ether oxygens (including phenoxy) is 1. The van der Waals surface area contributed by atoms with E-state index in [9.17, 15) is 4.79 Å². The van der Waals surface area contributed by atoms with E-state index in [1.54, 1.807) is 5.57 Å². The van der Waals surface area contributed by atoms with E-state index in [0.717, 1.165) is 45.2 Å². The molecule has 4 atom stereocenters. The van der Waals surface area contributed by atoms with Crippen molar-refractivity contribution >= 4 is 5.97 Å². The quantitative estimate of drug-likeness (QED) is 0.508. The van der Waals surface area contributed by atoms with Gasteiger partial charge in [0.1, 0.15) is 0 Å². The van der Waals surface area contributed by atoms with Gasteiger partial charge in [0.2, 0.25) is 0 Å². The number of hydroxylamine groups is 1. The number of hydrogen-bond acceptors (Lipinski definition) is 5. The van der Waals surface area contributed by atoms with Gasteiger partial charge in [0.05, 0.1) is 25.3 Å². The average molecular weight is 431 g/mol. The third-order valence-corrected chi connectivity index (χ3v) is 9.50. The molecule has 1 N–H and O–H groups in total. The van der Waals surface area contributed by atoms with Crippen LogP contribution in [-0.2, 0) is 14.4 Å². The lowest BCUT2D eigenvalue weighted by Crippen LogP contribution is -2.71. The summed E-state index contributed by atoms with van der Waals surface area (Å²) in [6.07, 6.45) is 12.6. The van der Waals surface area contributed by atoms with Crippen LogP contribution in [0.15, 0.2) is 24.3 Å². The minimum absolute atomic E-state index is 0.0262. The van der Waals surface area contributed by atoms with Crippen LogP contribution in [0.3, 0.4) is 0 Å². The molecule has 1 saturated heterocycles. The molecule has 0 aromatic carbocycles. The largest absolute Gasteiger partial charge is 0.379 e. The third kappa shape index (κ3) is 3.71. The van der Waals surface area contributed by atoms with Crippen LogP contribution in [0.25, 0.3) is 0 Å². The van der Waals surface area contributed by atoms with Gasteiger partial charge in [-0.3, -0.25) is 4.90 Å². The fraction of sp³-hybridized carbons (Fsp3) is 0.808. The van der Waals surface area contributed by atoms with Crippen LogP contribution in [0, 0.1) is 22.2 Å². The molecule has 31 heavy (non-hydrogen) atoms. The summed E-state index contributed by atoms with van der Waals surface area (Å²) in [7, 11) is 0. The number of fused-ring (bicyclic) bond motifs is 3. The second-order valence-corrected chi connectivity index (χ2v) is 11.4. The SMILES string of the molecule is C=C[C@@]1(C)CCC=C2[C@H]1CC[C@]1(NOC(=O)CN3CCOCC3)C(C)(C)CCC[C@@]21C. The van der Waals surface area contributed by atoms with Crippen molar-refractivity contribution < 1.29 is 14.4 Å². The van der Waals surface area contributed by atoms with Crippen molar-refractivity contribution in [2.45, 2.75) is 78.2 Å². The molecule has 0 aromatic heterocycles. The van der Waals surface area contributed by atoms with Crippen LogP contribution >= 0.6 is 0 Å². The zero-order chi connectivity index (χ0) is 22.3. The standard InChI is InChI=1S/C26H42N2O3/c1-6-24(4)12-7-9-21-20(24)10-14-26(23(2,3)11-8-13-25(21,26)5)27-31-22(29)19-28-15-17-30-18-16-28/h6,9,20,27H,1,7-8,10-19H2,2-5H3/t20-,24+,25+,26+/m1/s1. The van der Waals surface area contributed by atoms with Crippen LogP contribution in [-0.4, -0.2) is 49.3 Å². The predicted octanol–water partition coefficient (Wildman–Crippen LogP) is 4.64. The minimum atomic E-state index is -0.249. The van der Waals surface area contributed by atoms with Crippen molar-refractivity contribution in [1.82, 2.24) is 10.4 Å². The Morgan fingerprint density at radius 2 is 1.97 bits per heavy atom. The molecule has 0 radical (unpaired) electrons. The Kier molecular flexibility index (Phi) is 6.17. The second-order valence-electron chi connectivity index (χ2n) is 11.4. The molecular weight excluding hydrogens is 388 g/mol. The zero-order valence-corrected chi connectivity index (χ0v) is 20.1. The summed E-state index contributed by atoms with van der Waals surface area (Å²) in [5.41, 5.74) is 4.96. The molecule has 1 heterocycles. The third-order valence-electron chi connectivity index (χ3n) is 9.50. The maximum atomic E-state index is 12.8. The number of rotatable bonds is 5. The lowest BCUT2D eigenvalue weighted by molar-refractivity contribution is -0.183. The van der Waals surface area contributed by atoms with Gasteiger partial charge >= 0.3 is 5.97 Å². The van der Waals surface area contributed by atoms with Crippen molar-refractivity contribution in [3.05, 3.63) is 24.3 Å². The van der Waals surface area contributed by atoms with Crippen LogP contribution in [0.2, 0.25) is 0 Å². The summed E-state index contributed by atoms with van der Waals surface area (Å²) < 4.78 is 5.40. The van der Waals surface area contributed by atoms with Gasteiger partial charge in [-0.05, 0) is 55.3 Å². The molecule has 5 nitrogen and oxygen atoms in total. The average Bonchev–Trinajstić information content (AvgIpc) is 2.74. The number of nitrogens with one attached hydrogen (secondary N) is 1. The van der Waals surface area contributed by atoms with Gasteiger partial charge in [0, 0.05) is 18.5 Å². The molecule has 0 amide bonds. The second kappa shape index (κ2) is 8.31. The topological polar surface area (TPSA) is 50.8 Å². The van der Waals surface area contributed by atoms with Crippen molar-refractivity contribution in [3.63, 3.8) is 0 Å². The van der Waals surface area contributed by atoms with Crippen LogP contribution in [0.5, 0.6) is 0 Å². The summed E-state index contributed by atoms with van der Waals surface area (Å²) in [5.74, 6) is 0.354. The van der Waals surface area contributed by atoms with E-state index in [1.165, 1.54) is 12.8 Å². The molecule has 0 bridgehead atoms. The fourth-order valence-electron chi connectivity index (χ4n) is 7.39. The smallest absolute Gasteiger partial charge is 0.338 e. The number of nitrogens with zero attached hydrogens (tertiary/aromatic N) is 1. The van der Waals surface area contributed by atoms with E-state index in [0.29, 0.717) is 25.7 Å². The Balaban J connectivity index is 1.59. The number of hydrogen-bond donors (Lipinski definition) is 1. The van der Waals surface area contributed by atoms with Crippen molar-refractivity contribution in [3.8, 4) is 0 Å². The summed E-state index contributed by atoms with van der Waals surface area (Å²) >= 11 is 0. The maximum Gasteiger partial charge on any atom is 0.338 e. The van der Waals surface area contributed by atoms with Crippen LogP contribution in [0.4, 0.5) is 0 Å². The number of morpholine rings is 1. The van der Waals surface area contributed by atoms with Gasteiger partial charge in [-0.2, -0.15) is 0 Å². The summed E-state index contributed by atoms with van der Waals surface area (Å²) in [4.78, 5) is 20.8. The van der Waals surface area contributed by atoms with Gasteiger partial charge in [0.15, 0.2) is 0 Å². The van der Waals surface area contributed by atoms with Crippen LogP contribution < -0.4 is 5.48 Å². The summed E-state index contributed by atoms with van der Waals surface area (Å²) in [6.45, 7) is 17.0. The molecule has 0 unspecified atom stereocenters. The highest BCUT2D eigenvalue weighted by atomic mass is 16.7. The first-order chi connectivity index (χ1) is 14.7. The molecule has 4 aliphatic rings. The van der Waals surface area contributed by atoms with Gasteiger partial charge < -0.3 is 9.57 Å². The van der Waals surface area contributed by atoms with Crippen molar-refractivity contribution in [1.29, 1.82) is 0 Å². The first-order valence-electron chi connectivity index (χ1n) is 12.3. The number of carbonyl (C=O) groups excluding carboxylic acids is 1. The molecule has 4 rings (SSSR count). The van der Waals surface area contributed by atoms with E-state index in [1.807, 2.05) is 0 Å². The highest BCUT2D eigenvalue weighted by Crippen LogP contribution is 2.66. The predicted molar refractivity (Wildman–Crippen MR) is 123 cm³/mol. The Labute approximate surface area is 188 Å². The monoisotopic (exact) mass is 430 g/mol. The lowest BCUT2D eigenvalue weighted by atomic mass is 9.41. The van der Waals surface area contributed by atoms with Gasteiger partial charge in [-0.1, -0.05) is 51.8 Å². The van der Waals surface area contributed by atoms with Gasteiger partial charge in [-0.25, -0.2) is 4.79 Å². The highest BCUT2D eigenvalue weighted by molar-refractivity contribution is 5.71. The maximum absolute atomic E-state index is 12.8. The number of carbonyl (C=O) groups is 1. The van der Waals surface area contributed by atoms with Crippen molar-refractivity contribution in [2.24, 2.45) is 22.2 Å². The number of allylic oxidation sites excluding steroid dienone is 2. The molecule has 0 aromatic rings. The minimum Gasteiger partial charge on any atom is -0.379 e. The normalized spacial score (nSPS) is 40.3. The van der Waals surface area contributed by atoms with Crippen LogP contribution in [0.1, 0.15) is 72.6 Å². The van der Waals surface area contributed by atoms with E-state index in [2.05, 4.69) is 56.8 Å². The summed E-state index contributed by atoms with van der Waals surface area (Å²) in [5, 5.41) is 0. The van der Waals surface area contributed by atoms with E-state index in [-0.39, 0.29) is 27.8 Å². The van der Waals surface area contributed by atoms with Gasteiger partial charge in [0.25, 0.3) is 0 Å². The molecule has 0 spiro atoms. The molecule has 5 heteroatoms. The summed E-state index contributed by atoms with van der Waals surface area (Å²) in [6, 6.07) is 0. The highest BCUT2D eigenvalue weighted by Gasteiger charge is 2.65. The molecule has 174 valence electrons. The van der Waals surface area contributed by atoms with Crippen molar-refractivity contribution in [2.75, 3.05) is 32.8 Å². The molecule has 1 aliphatic heterocycles. The van der Waals surface area contributed by atoms with E-state index < -0.39 is 0 Å². The van der Waals surface area contributed by atoms with E-state index >= 15 is 0 Å². The molecule has 3 aliphatic carbocycles. The Bertz CT molecular complexity index is 741. The Morgan fingerprint density at radius 3 is 2.68 bits per heavy atom. The first kappa shape index (κ1) is 23.0. The Hall–Kier alpha value is -1.17. The molecular formula is C26H42N2O3. The van der Waals surface area contributed by atoms with Gasteiger partial charge in [-0.15, -0.1) is 12.1 Å². The zero-order valence-electron chi connectivity index (χ0n) is 20.1. The fourth-order valence-corrected chi connectivity index (χ4v) is 7.39. The Morgan fingerprint density at radius 1 is 1.23 bits per heavy atom.